The van der Waals surface area contributed by atoms with Crippen LogP contribution in [0.3, 0.4) is 0 Å². The molecular formula is C18H16ClF3N2OS. The van der Waals surface area contributed by atoms with Crippen LogP contribution in [0.25, 0.3) is 0 Å². The molecule has 138 valence electrons. The number of thioether (sulfide) groups is 1. The number of hydrogen-bond donors (Lipinski definition) is 0. The highest BCUT2D eigenvalue weighted by molar-refractivity contribution is 8.00. The van der Waals surface area contributed by atoms with E-state index in [1.54, 1.807) is 17.0 Å². The number of alkyl halides is 3. The van der Waals surface area contributed by atoms with Gasteiger partial charge in [0.15, 0.2) is 0 Å². The maximum absolute atomic E-state index is 12.7. The van der Waals surface area contributed by atoms with Gasteiger partial charge >= 0.3 is 5.51 Å². The Balaban J connectivity index is 1.71. The summed E-state index contributed by atoms with van der Waals surface area (Å²) in [4.78, 5) is 16.3. The van der Waals surface area contributed by atoms with E-state index in [4.69, 9.17) is 11.6 Å². The summed E-state index contributed by atoms with van der Waals surface area (Å²) in [5, 5.41) is 0.638. The molecule has 2 aromatic rings. The van der Waals surface area contributed by atoms with Crippen molar-refractivity contribution in [3.63, 3.8) is 0 Å². The van der Waals surface area contributed by atoms with E-state index >= 15 is 0 Å². The zero-order valence-electron chi connectivity index (χ0n) is 13.7. The largest absolute Gasteiger partial charge is 0.446 e. The van der Waals surface area contributed by atoms with E-state index in [1.807, 2.05) is 18.2 Å². The number of nitrogens with zero attached hydrogens (tertiary/aromatic N) is 2. The van der Waals surface area contributed by atoms with Crippen LogP contribution in [0.15, 0.2) is 53.4 Å². The fourth-order valence-electron chi connectivity index (χ4n) is 2.89. The Bertz CT molecular complexity index is 792. The minimum atomic E-state index is -4.43. The third kappa shape index (κ3) is 4.45. The monoisotopic (exact) mass is 400 g/mol. The van der Waals surface area contributed by atoms with Crippen LogP contribution in [0.5, 0.6) is 0 Å². The summed E-state index contributed by atoms with van der Waals surface area (Å²) in [6.07, 6.45) is 0. The maximum Gasteiger partial charge on any atom is 0.446 e. The first-order valence-electron chi connectivity index (χ1n) is 7.99. The molecule has 0 spiro atoms. The van der Waals surface area contributed by atoms with Gasteiger partial charge in [-0.3, -0.25) is 4.79 Å². The van der Waals surface area contributed by atoms with E-state index < -0.39 is 5.51 Å². The summed E-state index contributed by atoms with van der Waals surface area (Å²) < 4.78 is 38.2. The summed E-state index contributed by atoms with van der Waals surface area (Å²) in [7, 11) is 0. The Labute approximate surface area is 158 Å². The minimum Gasteiger partial charge on any atom is -0.367 e. The van der Waals surface area contributed by atoms with Gasteiger partial charge in [-0.2, -0.15) is 13.2 Å². The fourth-order valence-corrected chi connectivity index (χ4v) is 3.80. The number of rotatable bonds is 3. The van der Waals surface area contributed by atoms with Crippen molar-refractivity contribution >= 4 is 35.0 Å². The number of hydrogen-bond acceptors (Lipinski definition) is 3. The van der Waals surface area contributed by atoms with Crippen molar-refractivity contribution in [2.75, 3.05) is 31.1 Å². The fraction of sp³-hybridized carbons (Fsp3) is 0.278. The molecule has 3 rings (SSSR count). The van der Waals surface area contributed by atoms with Gasteiger partial charge in [-0.15, -0.1) is 0 Å². The molecule has 1 heterocycles. The van der Waals surface area contributed by atoms with Crippen LogP contribution in [0.1, 0.15) is 10.4 Å². The van der Waals surface area contributed by atoms with E-state index in [9.17, 15) is 18.0 Å². The van der Waals surface area contributed by atoms with Crippen LogP contribution in [-0.2, 0) is 0 Å². The summed E-state index contributed by atoms with van der Waals surface area (Å²) in [6.45, 7) is 2.00. The molecule has 0 radical (unpaired) electrons. The lowest BCUT2D eigenvalue weighted by Crippen LogP contribution is -2.49. The zero-order chi connectivity index (χ0) is 18.7. The molecule has 8 heteroatoms. The molecule has 3 nitrogen and oxygen atoms in total. The highest BCUT2D eigenvalue weighted by Gasteiger charge is 2.32. The molecule has 2 aromatic carbocycles. The van der Waals surface area contributed by atoms with Crippen molar-refractivity contribution in [2.24, 2.45) is 0 Å². The van der Waals surface area contributed by atoms with E-state index in [-0.39, 0.29) is 28.1 Å². The predicted octanol–water partition coefficient (Wildman–Crippen LogP) is 4.91. The van der Waals surface area contributed by atoms with Crippen molar-refractivity contribution in [3.05, 3.63) is 59.1 Å². The Hall–Kier alpha value is -1.86. The molecule has 1 fully saturated rings. The number of anilines is 1. The zero-order valence-corrected chi connectivity index (χ0v) is 15.2. The highest BCUT2D eigenvalue weighted by atomic mass is 35.5. The normalized spacial score (nSPS) is 15.2. The van der Waals surface area contributed by atoms with Crippen molar-refractivity contribution in [1.82, 2.24) is 4.90 Å². The average molecular weight is 401 g/mol. The highest BCUT2D eigenvalue weighted by Crippen LogP contribution is 2.38. The number of carbonyl (C=O) groups excluding carboxylic acids is 1. The molecule has 0 aliphatic carbocycles. The first kappa shape index (κ1) is 18.9. The lowest BCUT2D eigenvalue weighted by molar-refractivity contribution is -0.0328. The summed E-state index contributed by atoms with van der Waals surface area (Å²) in [5.74, 6) is -0.379. The summed E-state index contributed by atoms with van der Waals surface area (Å²) >= 11 is 5.95. The van der Waals surface area contributed by atoms with Gasteiger partial charge in [-0.25, -0.2) is 0 Å². The Kier molecular flexibility index (Phi) is 5.67. The van der Waals surface area contributed by atoms with Gasteiger partial charge in [0.2, 0.25) is 0 Å². The average Bonchev–Trinajstić information content (AvgIpc) is 2.61. The van der Waals surface area contributed by atoms with Crippen LogP contribution in [0, 0.1) is 0 Å². The van der Waals surface area contributed by atoms with Gasteiger partial charge in [0.1, 0.15) is 0 Å². The van der Waals surface area contributed by atoms with Gasteiger partial charge in [-0.1, -0.05) is 35.9 Å². The number of benzene rings is 2. The Morgan fingerprint density at radius 2 is 1.58 bits per heavy atom. The second-order valence-electron chi connectivity index (χ2n) is 5.77. The van der Waals surface area contributed by atoms with E-state index in [2.05, 4.69) is 4.90 Å². The topological polar surface area (TPSA) is 23.6 Å². The molecule has 1 aliphatic rings. The first-order chi connectivity index (χ1) is 12.3. The number of carbonyl (C=O) groups is 1. The molecule has 26 heavy (non-hydrogen) atoms. The molecule has 1 amide bonds. The molecule has 0 N–H and O–H groups in total. The minimum absolute atomic E-state index is 0.0708. The maximum atomic E-state index is 12.7. The molecule has 0 bridgehead atoms. The SMILES string of the molecule is O=C(c1ccccc1SC(F)(F)F)N1CCN(c2ccccc2Cl)CC1. The second-order valence-corrected chi connectivity index (χ2v) is 7.29. The summed E-state index contributed by atoms with van der Waals surface area (Å²) in [5.41, 5.74) is -3.45. The smallest absolute Gasteiger partial charge is 0.367 e. The lowest BCUT2D eigenvalue weighted by Gasteiger charge is -2.36. The van der Waals surface area contributed by atoms with Gasteiger partial charge < -0.3 is 9.80 Å². The second kappa shape index (κ2) is 7.80. The Morgan fingerprint density at radius 3 is 2.23 bits per heavy atom. The number of amides is 1. The molecule has 0 aromatic heterocycles. The van der Waals surface area contributed by atoms with Crippen molar-refractivity contribution in [3.8, 4) is 0 Å². The van der Waals surface area contributed by atoms with Gasteiger partial charge in [-0.05, 0) is 36.0 Å². The van der Waals surface area contributed by atoms with Crippen LogP contribution in [0.4, 0.5) is 18.9 Å². The number of piperazine rings is 1. The van der Waals surface area contributed by atoms with Gasteiger partial charge in [0, 0.05) is 31.1 Å². The van der Waals surface area contributed by atoms with Crippen molar-refractivity contribution in [1.29, 1.82) is 0 Å². The lowest BCUT2D eigenvalue weighted by atomic mass is 10.1. The molecule has 1 aliphatic heterocycles. The standard InChI is InChI=1S/C18H16ClF3N2OS/c19-14-6-2-3-7-15(14)23-9-11-24(12-10-23)17(25)13-5-1-4-8-16(13)26-18(20,21)22/h1-8H,9-12H2. The van der Waals surface area contributed by atoms with Crippen LogP contribution >= 0.6 is 23.4 Å². The Morgan fingerprint density at radius 1 is 0.962 bits per heavy atom. The summed E-state index contributed by atoms with van der Waals surface area (Å²) in [6, 6.07) is 13.3. The molecular weight excluding hydrogens is 385 g/mol. The first-order valence-corrected chi connectivity index (χ1v) is 9.18. The van der Waals surface area contributed by atoms with E-state index in [0.717, 1.165) is 5.69 Å². The van der Waals surface area contributed by atoms with Crippen LogP contribution < -0.4 is 4.90 Å². The quantitative estimate of drug-likeness (QED) is 0.684. The van der Waals surface area contributed by atoms with E-state index in [1.165, 1.54) is 18.2 Å². The molecule has 0 saturated carbocycles. The number of halogens is 4. The third-order valence-electron chi connectivity index (χ3n) is 4.10. The van der Waals surface area contributed by atoms with Crippen LogP contribution in [-0.4, -0.2) is 42.5 Å². The molecule has 0 atom stereocenters. The number of para-hydroxylation sites is 1. The van der Waals surface area contributed by atoms with Crippen molar-refractivity contribution < 1.29 is 18.0 Å². The molecule has 1 saturated heterocycles. The van der Waals surface area contributed by atoms with Crippen molar-refractivity contribution in [2.45, 2.75) is 10.4 Å². The van der Waals surface area contributed by atoms with Gasteiger partial charge in [0.05, 0.1) is 16.3 Å². The molecule has 0 unspecified atom stereocenters. The third-order valence-corrected chi connectivity index (χ3v) is 5.23. The predicted molar refractivity (Wildman–Crippen MR) is 97.9 cm³/mol. The van der Waals surface area contributed by atoms with E-state index in [0.29, 0.717) is 31.2 Å². The van der Waals surface area contributed by atoms with Gasteiger partial charge in [0.25, 0.3) is 5.91 Å². The van der Waals surface area contributed by atoms with Crippen LogP contribution in [0.2, 0.25) is 5.02 Å².